The molecule has 6 nitrogen and oxygen atoms in total. The maximum atomic E-state index is 12.0. The minimum absolute atomic E-state index is 0.0364. The maximum absolute atomic E-state index is 12.0. The number of rotatable bonds is 6. The molecule has 1 aliphatic rings. The van der Waals surface area contributed by atoms with E-state index in [1.54, 1.807) is 6.20 Å². The van der Waals surface area contributed by atoms with Crippen molar-refractivity contribution in [1.29, 1.82) is 0 Å². The van der Waals surface area contributed by atoms with Crippen molar-refractivity contribution in [2.24, 2.45) is 11.7 Å². The molecule has 0 radical (unpaired) electrons. The highest BCUT2D eigenvalue weighted by Gasteiger charge is 2.27. The van der Waals surface area contributed by atoms with Crippen LogP contribution in [0.4, 0.5) is 0 Å². The number of nitrogens with two attached hydrogens (primary N) is 1. The van der Waals surface area contributed by atoms with Gasteiger partial charge in [-0.25, -0.2) is 4.98 Å². The predicted octanol–water partition coefficient (Wildman–Crippen LogP) is 1.23. The van der Waals surface area contributed by atoms with Gasteiger partial charge in [0.25, 0.3) is 5.56 Å². The molecule has 124 valence electrons. The highest BCUT2D eigenvalue weighted by Crippen LogP contribution is 2.24. The SMILES string of the molecule is NCC1CCCC1NC(=O)CSCc1cc(=O)n2ccsc2n1. The molecule has 0 aliphatic heterocycles. The van der Waals surface area contributed by atoms with Crippen LogP contribution in [0.15, 0.2) is 22.4 Å². The Kier molecular flexibility index (Phi) is 5.34. The third kappa shape index (κ3) is 3.94. The van der Waals surface area contributed by atoms with Gasteiger partial charge >= 0.3 is 0 Å². The van der Waals surface area contributed by atoms with Gasteiger partial charge < -0.3 is 11.1 Å². The minimum Gasteiger partial charge on any atom is -0.352 e. The fraction of sp³-hybridized carbons (Fsp3) is 0.533. The molecule has 1 fully saturated rings. The molecular formula is C15H20N4O2S2. The van der Waals surface area contributed by atoms with Crippen LogP contribution in [0.1, 0.15) is 25.0 Å². The summed E-state index contributed by atoms with van der Waals surface area (Å²) in [6.45, 7) is 0.632. The Labute approximate surface area is 142 Å². The van der Waals surface area contributed by atoms with E-state index in [9.17, 15) is 9.59 Å². The number of nitrogens with one attached hydrogen (secondary N) is 1. The lowest BCUT2D eigenvalue weighted by atomic mass is 10.0. The quantitative estimate of drug-likeness (QED) is 0.816. The molecule has 0 bridgehead atoms. The van der Waals surface area contributed by atoms with Crippen molar-refractivity contribution in [2.75, 3.05) is 12.3 Å². The van der Waals surface area contributed by atoms with Crippen LogP contribution in [0.25, 0.3) is 4.96 Å². The van der Waals surface area contributed by atoms with Crippen LogP contribution in [-0.4, -0.2) is 33.6 Å². The first kappa shape index (κ1) is 16.5. The number of aromatic nitrogens is 2. The van der Waals surface area contributed by atoms with Crippen LogP contribution in [-0.2, 0) is 10.5 Å². The molecule has 2 unspecified atom stereocenters. The zero-order valence-electron chi connectivity index (χ0n) is 12.7. The van der Waals surface area contributed by atoms with Gasteiger partial charge in [0.05, 0.1) is 11.4 Å². The van der Waals surface area contributed by atoms with Crippen molar-refractivity contribution in [2.45, 2.75) is 31.1 Å². The monoisotopic (exact) mass is 352 g/mol. The number of thiazole rings is 1. The van der Waals surface area contributed by atoms with E-state index in [2.05, 4.69) is 10.3 Å². The van der Waals surface area contributed by atoms with Crippen molar-refractivity contribution in [3.63, 3.8) is 0 Å². The van der Waals surface area contributed by atoms with Gasteiger partial charge in [-0.2, -0.15) is 0 Å². The molecule has 1 amide bonds. The summed E-state index contributed by atoms with van der Waals surface area (Å²) in [5, 5.41) is 4.92. The molecule has 0 aromatic carbocycles. The number of carbonyl (C=O) groups is 1. The van der Waals surface area contributed by atoms with Crippen LogP contribution >= 0.6 is 23.1 Å². The van der Waals surface area contributed by atoms with E-state index in [0.717, 1.165) is 25.0 Å². The molecule has 1 aliphatic carbocycles. The van der Waals surface area contributed by atoms with Crippen molar-refractivity contribution < 1.29 is 4.79 Å². The van der Waals surface area contributed by atoms with Crippen molar-refractivity contribution in [3.05, 3.63) is 33.7 Å². The highest BCUT2D eigenvalue weighted by molar-refractivity contribution is 7.99. The van der Waals surface area contributed by atoms with E-state index >= 15 is 0 Å². The third-order valence-electron chi connectivity index (χ3n) is 4.15. The Balaban J connectivity index is 1.50. The van der Waals surface area contributed by atoms with Crippen LogP contribution in [0.5, 0.6) is 0 Å². The number of nitrogens with zero attached hydrogens (tertiary/aromatic N) is 2. The van der Waals surface area contributed by atoms with Gasteiger partial charge in [-0.15, -0.1) is 23.1 Å². The zero-order chi connectivity index (χ0) is 16.2. The topological polar surface area (TPSA) is 89.5 Å². The average Bonchev–Trinajstić information content (AvgIpc) is 3.16. The number of thioether (sulfide) groups is 1. The van der Waals surface area contributed by atoms with Crippen molar-refractivity contribution in [1.82, 2.24) is 14.7 Å². The number of fused-ring (bicyclic) bond motifs is 1. The van der Waals surface area contributed by atoms with Crippen LogP contribution in [0.3, 0.4) is 0 Å². The maximum Gasteiger partial charge on any atom is 0.258 e. The molecular weight excluding hydrogens is 332 g/mol. The van der Waals surface area contributed by atoms with Gasteiger partial charge in [-0.1, -0.05) is 6.42 Å². The molecule has 3 rings (SSSR count). The lowest BCUT2D eigenvalue weighted by Crippen LogP contribution is -2.40. The first-order valence-electron chi connectivity index (χ1n) is 7.70. The Morgan fingerprint density at radius 1 is 1.52 bits per heavy atom. The molecule has 2 aromatic heterocycles. The van der Waals surface area contributed by atoms with E-state index in [1.807, 2.05) is 5.38 Å². The Hall–Kier alpha value is -1.38. The molecule has 8 heteroatoms. The second kappa shape index (κ2) is 7.46. The van der Waals surface area contributed by atoms with Gasteiger partial charge in [-0.3, -0.25) is 14.0 Å². The van der Waals surface area contributed by atoms with Crippen LogP contribution in [0, 0.1) is 5.92 Å². The summed E-state index contributed by atoms with van der Waals surface area (Å²) in [5.41, 5.74) is 6.37. The second-order valence-corrected chi connectivity index (χ2v) is 7.59. The lowest BCUT2D eigenvalue weighted by molar-refractivity contribution is -0.119. The predicted molar refractivity (Wildman–Crippen MR) is 93.8 cm³/mol. The standard InChI is InChI=1S/C15H20N4O2S2/c16-7-10-2-1-3-12(10)18-13(20)9-22-8-11-6-14(21)19-4-5-23-15(19)17-11/h4-6,10,12H,1-3,7-9,16H2,(H,18,20). The summed E-state index contributed by atoms with van der Waals surface area (Å²) >= 11 is 2.91. The van der Waals surface area contributed by atoms with E-state index < -0.39 is 0 Å². The van der Waals surface area contributed by atoms with Crippen LogP contribution < -0.4 is 16.6 Å². The fourth-order valence-corrected chi connectivity index (χ4v) is 4.43. The van der Waals surface area contributed by atoms with E-state index in [0.29, 0.717) is 28.9 Å². The molecule has 3 N–H and O–H groups in total. The summed E-state index contributed by atoms with van der Waals surface area (Å²) in [6, 6.07) is 1.75. The largest absolute Gasteiger partial charge is 0.352 e. The van der Waals surface area contributed by atoms with E-state index in [-0.39, 0.29) is 17.5 Å². The lowest BCUT2D eigenvalue weighted by Gasteiger charge is -2.19. The highest BCUT2D eigenvalue weighted by atomic mass is 32.2. The molecule has 0 saturated heterocycles. The average molecular weight is 352 g/mol. The second-order valence-electron chi connectivity index (χ2n) is 5.73. The molecule has 0 spiro atoms. The first-order chi connectivity index (χ1) is 11.2. The zero-order valence-corrected chi connectivity index (χ0v) is 14.4. The summed E-state index contributed by atoms with van der Waals surface area (Å²) in [4.78, 5) is 29.0. The van der Waals surface area contributed by atoms with Gasteiger partial charge in [0.15, 0.2) is 4.96 Å². The Morgan fingerprint density at radius 3 is 3.22 bits per heavy atom. The minimum atomic E-state index is -0.0759. The summed E-state index contributed by atoms with van der Waals surface area (Å²) in [5.74, 6) is 1.38. The third-order valence-corrected chi connectivity index (χ3v) is 5.87. The number of carbonyl (C=O) groups excluding carboxylic acids is 1. The molecule has 1 saturated carbocycles. The van der Waals surface area contributed by atoms with Gasteiger partial charge in [0.2, 0.25) is 5.91 Å². The summed E-state index contributed by atoms with van der Waals surface area (Å²) < 4.78 is 1.53. The van der Waals surface area contributed by atoms with Gasteiger partial charge in [-0.05, 0) is 25.3 Å². The number of hydrogen-bond donors (Lipinski definition) is 2. The smallest absolute Gasteiger partial charge is 0.258 e. The Bertz CT molecular complexity index is 742. The normalized spacial score (nSPS) is 20.9. The molecule has 23 heavy (non-hydrogen) atoms. The summed E-state index contributed by atoms with van der Waals surface area (Å²) in [6.07, 6.45) is 4.97. The van der Waals surface area contributed by atoms with Crippen molar-refractivity contribution >= 4 is 34.0 Å². The van der Waals surface area contributed by atoms with Crippen molar-refractivity contribution in [3.8, 4) is 0 Å². The van der Waals surface area contributed by atoms with E-state index in [4.69, 9.17) is 5.73 Å². The molecule has 2 heterocycles. The van der Waals surface area contributed by atoms with E-state index in [1.165, 1.54) is 33.6 Å². The molecule has 2 aromatic rings. The first-order valence-corrected chi connectivity index (χ1v) is 9.74. The number of hydrogen-bond acceptors (Lipinski definition) is 6. The summed E-state index contributed by atoms with van der Waals surface area (Å²) in [7, 11) is 0. The van der Waals surface area contributed by atoms with Gasteiger partial charge in [0.1, 0.15) is 0 Å². The molecule has 2 atom stereocenters. The number of amides is 1. The Morgan fingerprint density at radius 2 is 2.39 bits per heavy atom. The van der Waals surface area contributed by atoms with Gasteiger partial charge in [0, 0.05) is 29.4 Å². The fourth-order valence-electron chi connectivity index (χ4n) is 2.97. The van der Waals surface area contributed by atoms with Crippen LogP contribution in [0.2, 0.25) is 0 Å².